The Morgan fingerprint density at radius 1 is 1.50 bits per heavy atom. The van der Waals surface area contributed by atoms with Crippen LogP contribution in [0.5, 0.6) is 0 Å². The Kier molecular flexibility index (Phi) is 5.34. The summed E-state index contributed by atoms with van der Waals surface area (Å²) in [6.45, 7) is 6.85. The highest BCUT2D eigenvalue weighted by Gasteiger charge is 2.30. The van der Waals surface area contributed by atoms with Crippen LogP contribution in [0.2, 0.25) is 0 Å². The minimum absolute atomic E-state index is 0.246. The molecule has 0 bridgehead atoms. The van der Waals surface area contributed by atoms with Gasteiger partial charge in [0.05, 0.1) is 11.9 Å². The van der Waals surface area contributed by atoms with Gasteiger partial charge in [0.1, 0.15) is 0 Å². The summed E-state index contributed by atoms with van der Waals surface area (Å²) in [6.07, 6.45) is 8.25. The van der Waals surface area contributed by atoms with Gasteiger partial charge in [-0.3, -0.25) is 4.79 Å². The smallest absolute Gasteiger partial charge is 0.237 e. The lowest BCUT2D eigenvalue weighted by atomic mass is 9.93. The molecule has 1 aromatic heterocycles. The highest BCUT2D eigenvalue weighted by Crippen LogP contribution is 2.15. The Labute approximate surface area is 109 Å². The average molecular weight is 252 g/mol. The van der Waals surface area contributed by atoms with Gasteiger partial charge in [0, 0.05) is 25.0 Å². The lowest BCUT2D eigenvalue weighted by Crippen LogP contribution is -2.55. The van der Waals surface area contributed by atoms with E-state index in [2.05, 4.69) is 10.3 Å². The van der Waals surface area contributed by atoms with E-state index in [-0.39, 0.29) is 11.9 Å². The molecule has 5 nitrogen and oxygen atoms in total. The fourth-order valence-electron chi connectivity index (χ4n) is 2.10. The number of aryl methyl sites for hydroxylation is 1. The van der Waals surface area contributed by atoms with Crippen molar-refractivity contribution in [2.45, 2.75) is 58.2 Å². The number of rotatable bonds is 8. The molecule has 0 radical (unpaired) electrons. The number of carbonyl (C=O) groups excluding carboxylic acids is 1. The Bertz CT molecular complexity index is 361. The first kappa shape index (κ1) is 14.7. The number of amides is 1. The zero-order valence-electron chi connectivity index (χ0n) is 11.5. The number of nitrogens with two attached hydrogens (primary N) is 1. The molecule has 0 spiro atoms. The number of hydrogen-bond donors (Lipinski definition) is 2. The molecule has 0 aliphatic heterocycles. The molecule has 0 aliphatic carbocycles. The Morgan fingerprint density at radius 3 is 2.72 bits per heavy atom. The molecule has 0 saturated heterocycles. The van der Waals surface area contributed by atoms with Gasteiger partial charge in [0.25, 0.3) is 0 Å². The molecule has 1 heterocycles. The van der Waals surface area contributed by atoms with Crippen LogP contribution in [-0.4, -0.2) is 27.0 Å². The van der Waals surface area contributed by atoms with Crippen LogP contribution in [0.15, 0.2) is 18.7 Å². The van der Waals surface area contributed by atoms with Crippen molar-refractivity contribution in [2.75, 3.05) is 0 Å². The van der Waals surface area contributed by atoms with Crippen molar-refractivity contribution in [3.63, 3.8) is 0 Å². The van der Waals surface area contributed by atoms with Crippen molar-refractivity contribution in [3.05, 3.63) is 18.7 Å². The van der Waals surface area contributed by atoms with Crippen LogP contribution >= 0.6 is 0 Å². The van der Waals surface area contributed by atoms with Gasteiger partial charge in [0.2, 0.25) is 5.91 Å². The highest BCUT2D eigenvalue weighted by atomic mass is 16.1. The summed E-state index contributed by atoms with van der Waals surface area (Å²) in [6, 6.07) is 0.246. The molecule has 1 atom stereocenters. The van der Waals surface area contributed by atoms with Crippen molar-refractivity contribution in [1.29, 1.82) is 0 Å². The zero-order chi connectivity index (χ0) is 13.6. The van der Waals surface area contributed by atoms with E-state index in [1.807, 2.05) is 31.5 Å². The van der Waals surface area contributed by atoms with Crippen molar-refractivity contribution in [1.82, 2.24) is 14.9 Å². The van der Waals surface area contributed by atoms with E-state index in [1.165, 1.54) is 0 Å². The normalized spacial score (nSPS) is 14.7. The third-order valence-corrected chi connectivity index (χ3v) is 3.05. The van der Waals surface area contributed by atoms with Crippen molar-refractivity contribution < 1.29 is 4.79 Å². The molecular weight excluding hydrogens is 228 g/mol. The fourth-order valence-corrected chi connectivity index (χ4v) is 2.10. The number of primary amides is 1. The summed E-state index contributed by atoms with van der Waals surface area (Å²) in [4.78, 5) is 15.5. The SMILES string of the molecule is CC(C)NC(C)(CCCCn1ccnc1)C(N)=O. The predicted octanol–water partition coefficient (Wildman–Crippen LogP) is 1.30. The van der Waals surface area contributed by atoms with Crippen LogP contribution < -0.4 is 11.1 Å². The highest BCUT2D eigenvalue weighted by molar-refractivity contribution is 5.84. The van der Waals surface area contributed by atoms with Gasteiger partial charge in [-0.05, 0) is 40.0 Å². The number of nitrogens with zero attached hydrogens (tertiary/aromatic N) is 2. The second kappa shape index (κ2) is 6.54. The molecule has 1 amide bonds. The molecule has 0 aliphatic rings. The molecule has 18 heavy (non-hydrogen) atoms. The molecule has 5 heteroatoms. The first-order valence-electron chi connectivity index (χ1n) is 6.47. The number of imidazole rings is 1. The minimum atomic E-state index is -0.608. The van der Waals surface area contributed by atoms with Gasteiger partial charge in [-0.1, -0.05) is 0 Å². The van der Waals surface area contributed by atoms with Crippen LogP contribution in [0.3, 0.4) is 0 Å². The van der Waals surface area contributed by atoms with E-state index in [0.29, 0.717) is 0 Å². The minimum Gasteiger partial charge on any atom is -0.368 e. The van der Waals surface area contributed by atoms with Gasteiger partial charge in [0.15, 0.2) is 0 Å². The molecule has 1 unspecified atom stereocenters. The maximum absolute atomic E-state index is 11.5. The van der Waals surface area contributed by atoms with Gasteiger partial charge < -0.3 is 15.6 Å². The Balaban J connectivity index is 2.36. The van der Waals surface area contributed by atoms with Gasteiger partial charge >= 0.3 is 0 Å². The number of aromatic nitrogens is 2. The summed E-state index contributed by atoms with van der Waals surface area (Å²) >= 11 is 0. The third-order valence-electron chi connectivity index (χ3n) is 3.05. The summed E-state index contributed by atoms with van der Waals surface area (Å²) in [5, 5.41) is 3.26. The number of unbranched alkanes of at least 4 members (excludes halogenated alkanes) is 1. The van der Waals surface area contributed by atoms with Gasteiger partial charge in [-0.2, -0.15) is 0 Å². The summed E-state index contributed by atoms with van der Waals surface area (Å²) < 4.78 is 2.04. The molecule has 1 rings (SSSR count). The molecular formula is C13H24N4O. The maximum Gasteiger partial charge on any atom is 0.237 e. The first-order chi connectivity index (χ1) is 8.44. The molecule has 1 aromatic rings. The van der Waals surface area contributed by atoms with E-state index in [9.17, 15) is 4.79 Å². The van der Waals surface area contributed by atoms with E-state index >= 15 is 0 Å². The van der Waals surface area contributed by atoms with Crippen molar-refractivity contribution in [2.24, 2.45) is 5.73 Å². The lowest BCUT2D eigenvalue weighted by molar-refractivity contribution is -0.124. The second-order valence-corrected chi connectivity index (χ2v) is 5.25. The van der Waals surface area contributed by atoms with Crippen LogP contribution in [0, 0.1) is 0 Å². The van der Waals surface area contributed by atoms with E-state index in [4.69, 9.17) is 5.73 Å². The van der Waals surface area contributed by atoms with Gasteiger partial charge in [-0.15, -0.1) is 0 Å². The van der Waals surface area contributed by atoms with Crippen molar-refractivity contribution >= 4 is 5.91 Å². The summed E-state index contributed by atoms with van der Waals surface area (Å²) in [7, 11) is 0. The summed E-state index contributed by atoms with van der Waals surface area (Å²) in [5.41, 5.74) is 4.87. The van der Waals surface area contributed by atoms with Crippen LogP contribution in [0.1, 0.15) is 40.0 Å². The Morgan fingerprint density at radius 2 is 2.22 bits per heavy atom. The fraction of sp³-hybridized carbons (Fsp3) is 0.692. The van der Waals surface area contributed by atoms with Crippen LogP contribution in [0.4, 0.5) is 0 Å². The second-order valence-electron chi connectivity index (χ2n) is 5.25. The van der Waals surface area contributed by atoms with Gasteiger partial charge in [-0.25, -0.2) is 4.98 Å². The molecule has 3 N–H and O–H groups in total. The quantitative estimate of drug-likeness (QED) is 0.685. The topological polar surface area (TPSA) is 72.9 Å². The number of nitrogens with one attached hydrogen (secondary N) is 1. The van der Waals surface area contributed by atoms with Crippen molar-refractivity contribution in [3.8, 4) is 0 Å². The monoisotopic (exact) mass is 252 g/mol. The van der Waals surface area contributed by atoms with Crippen LogP contribution in [0.25, 0.3) is 0 Å². The van der Waals surface area contributed by atoms with E-state index in [1.54, 1.807) is 12.5 Å². The third kappa shape index (κ3) is 4.49. The lowest BCUT2D eigenvalue weighted by Gasteiger charge is -2.29. The number of hydrogen-bond acceptors (Lipinski definition) is 3. The molecule has 0 aromatic carbocycles. The molecule has 0 saturated carbocycles. The van der Waals surface area contributed by atoms with Crippen LogP contribution in [-0.2, 0) is 11.3 Å². The standard InChI is InChI=1S/C13H24N4O/c1-11(2)16-13(3,12(14)18)6-4-5-8-17-9-7-15-10-17/h7,9-11,16H,4-6,8H2,1-3H3,(H2,14,18). The molecule has 0 fully saturated rings. The molecule has 102 valence electrons. The predicted molar refractivity (Wildman–Crippen MR) is 71.9 cm³/mol. The van der Waals surface area contributed by atoms with E-state index in [0.717, 1.165) is 25.8 Å². The number of carbonyl (C=O) groups is 1. The Hall–Kier alpha value is -1.36. The zero-order valence-corrected chi connectivity index (χ0v) is 11.5. The average Bonchev–Trinajstić information content (AvgIpc) is 2.76. The van der Waals surface area contributed by atoms with E-state index < -0.39 is 5.54 Å². The summed E-state index contributed by atoms with van der Waals surface area (Å²) in [5.74, 6) is -0.279. The maximum atomic E-state index is 11.5. The largest absolute Gasteiger partial charge is 0.368 e. The first-order valence-corrected chi connectivity index (χ1v) is 6.47.